The van der Waals surface area contributed by atoms with E-state index in [2.05, 4.69) is 33.6 Å². The Morgan fingerprint density at radius 1 is 1.00 bits per heavy atom. The van der Waals surface area contributed by atoms with E-state index < -0.39 is 0 Å². The number of nitrogens with one attached hydrogen (secondary N) is 2. The Morgan fingerprint density at radius 2 is 1.71 bits per heavy atom. The van der Waals surface area contributed by atoms with Crippen LogP contribution in [0.3, 0.4) is 0 Å². The van der Waals surface area contributed by atoms with Crippen LogP contribution in [-0.2, 0) is 0 Å². The van der Waals surface area contributed by atoms with Crippen molar-refractivity contribution in [1.82, 2.24) is 15.3 Å². The molecule has 0 fully saturated rings. The topological polar surface area (TPSA) is 66.9 Å². The molecule has 0 saturated heterocycles. The van der Waals surface area contributed by atoms with Crippen molar-refractivity contribution in [2.24, 2.45) is 0 Å². The molecule has 2 N–H and O–H groups in total. The molecule has 1 aromatic heterocycles. The number of carbonyl (C=O) groups is 1. The van der Waals surface area contributed by atoms with Crippen LogP contribution in [0.15, 0.2) is 24.3 Å². The number of hydrogen-bond donors (Lipinski definition) is 2. The van der Waals surface area contributed by atoms with E-state index in [1.54, 1.807) is 6.07 Å². The van der Waals surface area contributed by atoms with E-state index in [9.17, 15) is 4.79 Å². The number of hydrogen-bond acceptors (Lipinski definition) is 4. The fourth-order valence-corrected chi connectivity index (χ4v) is 2.58. The summed E-state index contributed by atoms with van der Waals surface area (Å²) in [4.78, 5) is 21.0. The number of unbranched alkanes of at least 4 members (excludes halogenated alkanes) is 2. The van der Waals surface area contributed by atoms with Gasteiger partial charge in [-0.05, 0) is 56.5 Å². The Kier molecular flexibility index (Phi) is 6.29. The number of aromatic nitrogens is 2. The highest BCUT2D eigenvalue weighted by molar-refractivity contribution is 5.92. The van der Waals surface area contributed by atoms with Gasteiger partial charge in [-0.1, -0.05) is 25.8 Å². The van der Waals surface area contributed by atoms with Crippen LogP contribution in [0.5, 0.6) is 0 Å². The zero-order valence-corrected chi connectivity index (χ0v) is 14.9. The van der Waals surface area contributed by atoms with Crippen molar-refractivity contribution >= 4 is 17.5 Å². The quantitative estimate of drug-likeness (QED) is 0.753. The fourth-order valence-electron chi connectivity index (χ4n) is 2.58. The van der Waals surface area contributed by atoms with Crippen molar-refractivity contribution in [3.63, 3.8) is 0 Å². The van der Waals surface area contributed by atoms with Crippen LogP contribution in [0.2, 0.25) is 0 Å². The normalized spacial score (nSPS) is 10.5. The molecule has 2 rings (SSSR count). The fraction of sp³-hybridized carbons (Fsp3) is 0.421. The summed E-state index contributed by atoms with van der Waals surface area (Å²) in [5.74, 6) is 0.291. The van der Waals surface area contributed by atoms with Crippen molar-refractivity contribution in [3.05, 3.63) is 46.8 Å². The number of benzene rings is 1. The minimum Gasteiger partial charge on any atom is -0.351 e. The van der Waals surface area contributed by atoms with Gasteiger partial charge in [-0.25, -0.2) is 9.97 Å². The van der Waals surface area contributed by atoms with Crippen LogP contribution in [-0.4, -0.2) is 22.4 Å². The Morgan fingerprint density at radius 3 is 2.38 bits per heavy atom. The minimum atomic E-state index is -0.153. The Hall–Kier alpha value is -2.43. The Labute approximate surface area is 143 Å². The molecule has 1 aromatic carbocycles. The summed E-state index contributed by atoms with van der Waals surface area (Å²) in [6.07, 6.45) is 3.23. The van der Waals surface area contributed by atoms with Crippen molar-refractivity contribution in [2.75, 3.05) is 11.9 Å². The summed E-state index contributed by atoms with van der Waals surface area (Å²) in [5, 5.41) is 6.11. The SMILES string of the molecule is CCCCCNC(=O)c1cc(C)nc(Nc2cc(C)cc(C)c2)n1. The molecule has 24 heavy (non-hydrogen) atoms. The Bertz CT molecular complexity index is 692. The van der Waals surface area contributed by atoms with Gasteiger partial charge in [0.05, 0.1) is 0 Å². The largest absolute Gasteiger partial charge is 0.351 e. The molecule has 128 valence electrons. The molecule has 0 unspecified atom stereocenters. The van der Waals surface area contributed by atoms with E-state index in [1.165, 1.54) is 11.1 Å². The molecular weight excluding hydrogens is 300 g/mol. The second-order valence-electron chi connectivity index (χ2n) is 6.18. The van der Waals surface area contributed by atoms with Crippen LogP contribution in [0.1, 0.15) is 53.5 Å². The zero-order chi connectivity index (χ0) is 17.5. The highest BCUT2D eigenvalue weighted by Gasteiger charge is 2.10. The lowest BCUT2D eigenvalue weighted by Gasteiger charge is -2.10. The predicted molar refractivity (Wildman–Crippen MR) is 97.8 cm³/mol. The van der Waals surface area contributed by atoms with Gasteiger partial charge in [0.1, 0.15) is 5.69 Å². The second kappa shape index (κ2) is 8.43. The molecule has 5 heteroatoms. The van der Waals surface area contributed by atoms with Gasteiger partial charge in [-0.3, -0.25) is 4.79 Å². The van der Waals surface area contributed by atoms with E-state index in [0.717, 1.165) is 30.6 Å². The summed E-state index contributed by atoms with van der Waals surface area (Å²) in [6.45, 7) is 8.77. The van der Waals surface area contributed by atoms with Gasteiger partial charge in [0.2, 0.25) is 5.95 Å². The Balaban J connectivity index is 2.11. The number of anilines is 2. The maximum Gasteiger partial charge on any atom is 0.270 e. The molecule has 0 bridgehead atoms. The third-order valence-corrected chi connectivity index (χ3v) is 3.63. The first kappa shape index (κ1) is 17.9. The number of rotatable bonds is 7. The van der Waals surface area contributed by atoms with Gasteiger partial charge in [-0.15, -0.1) is 0 Å². The number of aryl methyl sites for hydroxylation is 3. The van der Waals surface area contributed by atoms with Gasteiger partial charge in [0.25, 0.3) is 5.91 Å². The van der Waals surface area contributed by atoms with E-state index in [4.69, 9.17) is 0 Å². The van der Waals surface area contributed by atoms with Crippen molar-refractivity contribution in [2.45, 2.75) is 47.0 Å². The smallest absolute Gasteiger partial charge is 0.270 e. The lowest BCUT2D eigenvalue weighted by Crippen LogP contribution is -2.25. The van der Waals surface area contributed by atoms with Crippen LogP contribution in [0, 0.1) is 20.8 Å². The van der Waals surface area contributed by atoms with E-state index in [-0.39, 0.29) is 5.91 Å². The number of carbonyl (C=O) groups excluding carboxylic acids is 1. The third-order valence-electron chi connectivity index (χ3n) is 3.63. The van der Waals surface area contributed by atoms with Crippen LogP contribution >= 0.6 is 0 Å². The highest BCUT2D eigenvalue weighted by Crippen LogP contribution is 2.17. The number of amides is 1. The molecular formula is C19H26N4O. The number of nitrogens with zero attached hydrogens (tertiary/aromatic N) is 2. The van der Waals surface area contributed by atoms with Crippen molar-refractivity contribution < 1.29 is 4.79 Å². The summed E-state index contributed by atoms with van der Waals surface area (Å²) < 4.78 is 0. The molecule has 0 aliphatic rings. The average molecular weight is 326 g/mol. The molecule has 0 aliphatic heterocycles. The first-order valence-electron chi connectivity index (χ1n) is 8.47. The van der Waals surface area contributed by atoms with E-state index in [0.29, 0.717) is 18.2 Å². The highest BCUT2D eigenvalue weighted by atomic mass is 16.1. The lowest BCUT2D eigenvalue weighted by atomic mass is 10.1. The van der Waals surface area contributed by atoms with Crippen LogP contribution in [0.25, 0.3) is 0 Å². The first-order valence-corrected chi connectivity index (χ1v) is 8.47. The van der Waals surface area contributed by atoms with E-state index in [1.807, 2.05) is 32.9 Å². The third kappa shape index (κ3) is 5.33. The first-order chi connectivity index (χ1) is 11.5. The summed E-state index contributed by atoms with van der Waals surface area (Å²) in [6, 6.07) is 7.88. The average Bonchev–Trinajstić information content (AvgIpc) is 2.49. The van der Waals surface area contributed by atoms with Gasteiger partial charge in [0, 0.05) is 17.9 Å². The minimum absolute atomic E-state index is 0.153. The molecule has 2 aromatic rings. The molecule has 0 saturated carbocycles. The molecule has 0 aliphatic carbocycles. The second-order valence-corrected chi connectivity index (χ2v) is 6.18. The monoisotopic (exact) mass is 326 g/mol. The molecule has 1 heterocycles. The van der Waals surface area contributed by atoms with Crippen LogP contribution in [0.4, 0.5) is 11.6 Å². The van der Waals surface area contributed by atoms with Gasteiger partial charge in [-0.2, -0.15) is 0 Å². The standard InChI is InChI=1S/C19H26N4O/c1-5-6-7-8-20-18(24)17-12-15(4)21-19(23-17)22-16-10-13(2)9-14(3)11-16/h9-12H,5-8H2,1-4H3,(H,20,24)(H,21,22,23). The van der Waals surface area contributed by atoms with E-state index >= 15 is 0 Å². The molecule has 1 amide bonds. The maximum absolute atomic E-state index is 12.2. The molecule has 5 nitrogen and oxygen atoms in total. The van der Waals surface area contributed by atoms with Gasteiger partial charge in [0.15, 0.2) is 0 Å². The molecule has 0 radical (unpaired) electrons. The predicted octanol–water partition coefficient (Wildman–Crippen LogP) is 4.07. The summed E-state index contributed by atoms with van der Waals surface area (Å²) in [7, 11) is 0. The molecule has 0 atom stereocenters. The zero-order valence-electron chi connectivity index (χ0n) is 14.9. The summed E-state index contributed by atoms with van der Waals surface area (Å²) in [5.41, 5.74) is 4.41. The van der Waals surface area contributed by atoms with Gasteiger partial charge >= 0.3 is 0 Å². The van der Waals surface area contributed by atoms with Crippen molar-refractivity contribution in [1.29, 1.82) is 0 Å². The maximum atomic E-state index is 12.2. The van der Waals surface area contributed by atoms with Crippen molar-refractivity contribution in [3.8, 4) is 0 Å². The van der Waals surface area contributed by atoms with Crippen LogP contribution < -0.4 is 10.6 Å². The lowest BCUT2D eigenvalue weighted by molar-refractivity contribution is 0.0948. The molecule has 0 spiro atoms. The summed E-state index contributed by atoms with van der Waals surface area (Å²) >= 11 is 0. The van der Waals surface area contributed by atoms with Gasteiger partial charge < -0.3 is 10.6 Å².